The Morgan fingerprint density at radius 1 is 1.21 bits per heavy atom. The van der Waals surface area contributed by atoms with Crippen molar-refractivity contribution in [3.63, 3.8) is 0 Å². The van der Waals surface area contributed by atoms with E-state index in [1.807, 2.05) is 0 Å². The number of hydrogen-bond acceptors (Lipinski definition) is 1. The molecule has 1 atom stereocenters. The predicted octanol–water partition coefficient (Wildman–Crippen LogP) is 4.52. The molecule has 0 radical (unpaired) electrons. The van der Waals surface area contributed by atoms with Crippen molar-refractivity contribution in [2.24, 2.45) is 5.41 Å². The molecule has 19 heavy (non-hydrogen) atoms. The molecular formula is C18H29N. The van der Waals surface area contributed by atoms with Crippen molar-refractivity contribution in [2.75, 3.05) is 6.54 Å². The Balaban J connectivity index is 1.85. The Hall–Kier alpha value is -0.820. The first-order valence-corrected chi connectivity index (χ1v) is 7.70. The molecule has 0 amide bonds. The Kier molecular flexibility index (Phi) is 4.35. The molecule has 0 bridgehead atoms. The van der Waals surface area contributed by atoms with Crippen LogP contribution in [0.15, 0.2) is 30.3 Å². The molecule has 0 aromatic heterocycles. The fourth-order valence-corrected chi connectivity index (χ4v) is 3.22. The number of nitrogens with one attached hydrogen (secondary N) is 1. The summed E-state index contributed by atoms with van der Waals surface area (Å²) in [5.74, 6) is 0. The average molecular weight is 259 g/mol. The van der Waals surface area contributed by atoms with Crippen LogP contribution in [-0.2, 0) is 5.41 Å². The summed E-state index contributed by atoms with van der Waals surface area (Å²) in [4.78, 5) is 0. The normalized spacial score (nSPS) is 19.8. The van der Waals surface area contributed by atoms with Crippen molar-refractivity contribution in [2.45, 2.75) is 64.8 Å². The highest BCUT2D eigenvalue weighted by Crippen LogP contribution is 2.39. The van der Waals surface area contributed by atoms with Crippen LogP contribution in [0, 0.1) is 5.41 Å². The van der Waals surface area contributed by atoms with Crippen LogP contribution in [0.1, 0.15) is 58.9 Å². The van der Waals surface area contributed by atoms with Crippen molar-refractivity contribution < 1.29 is 0 Å². The van der Waals surface area contributed by atoms with Gasteiger partial charge in [-0.15, -0.1) is 0 Å². The zero-order valence-electron chi connectivity index (χ0n) is 13.0. The first-order valence-electron chi connectivity index (χ1n) is 7.70. The van der Waals surface area contributed by atoms with Gasteiger partial charge in [0.25, 0.3) is 0 Å². The van der Waals surface area contributed by atoms with Gasteiger partial charge in [0.15, 0.2) is 0 Å². The minimum atomic E-state index is 0.244. The molecule has 1 saturated carbocycles. The molecule has 1 fully saturated rings. The Morgan fingerprint density at radius 3 is 2.37 bits per heavy atom. The topological polar surface area (TPSA) is 12.0 Å². The van der Waals surface area contributed by atoms with Gasteiger partial charge in [-0.3, -0.25) is 0 Å². The van der Waals surface area contributed by atoms with Gasteiger partial charge in [0.05, 0.1) is 0 Å². The molecule has 1 N–H and O–H groups in total. The van der Waals surface area contributed by atoms with Crippen molar-refractivity contribution in [1.29, 1.82) is 0 Å². The molecule has 1 aromatic rings. The van der Waals surface area contributed by atoms with Gasteiger partial charge >= 0.3 is 0 Å². The first-order chi connectivity index (χ1) is 8.91. The van der Waals surface area contributed by atoms with E-state index in [9.17, 15) is 0 Å². The van der Waals surface area contributed by atoms with Crippen LogP contribution in [0.25, 0.3) is 0 Å². The summed E-state index contributed by atoms with van der Waals surface area (Å²) in [6.07, 6.45) is 5.40. The Morgan fingerprint density at radius 2 is 1.84 bits per heavy atom. The summed E-state index contributed by atoms with van der Waals surface area (Å²) in [6.45, 7) is 10.6. The number of hydrogen-bond donors (Lipinski definition) is 1. The number of rotatable bonds is 6. The summed E-state index contributed by atoms with van der Waals surface area (Å²) >= 11 is 0. The monoisotopic (exact) mass is 259 g/mol. The molecular weight excluding hydrogens is 230 g/mol. The smallest absolute Gasteiger partial charge is 0.00472 e. The molecule has 1 nitrogen and oxygen atoms in total. The summed E-state index contributed by atoms with van der Waals surface area (Å²) in [5.41, 5.74) is 2.26. The second-order valence-corrected chi connectivity index (χ2v) is 7.40. The maximum Gasteiger partial charge on any atom is 0.00472 e. The van der Waals surface area contributed by atoms with E-state index >= 15 is 0 Å². The molecule has 0 spiro atoms. The standard InChI is InChI=1S/C18H29N/c1-15(19-14-18(4)11-8-12-18)13-17(2,3)16-9-6-5-7-10-16/h5-7,9-10,15,19H,8,11-14H2,1-4H3. The lowest BCUT2D eigenvalue weighted by Gasteiger charge is -2.40. The summed E-state index contributed by atoms with van der Waals surface area (Å²) in [5, 5.41) is 3.75. The second-order valence-electron chi connectivity index (χ2n) is 7.40. The van der Waals surface area contributed by atoms with Gasteiger partial charge in [-0.1, -0.05) is 57.5 Å². The van der Waals surface area contributed by atoms with Gasteiger partial charge in [0.1, 0.15) is 0 Å². The third-order valence-electron chi connectivity index (χ3n) is 4.81. The minimum Gasteiger partial charge on any atom is -0.314 e. The van der Waals surface area contributed by atoms with E-state index in [0.717, 1.165) is 0 Å². The van der Waals surface area contributed by atoms with Crippen LogP contribution in [0.5, 0.6) is 0 Å². The maximum absolute atomic E-state index is 3.75. The van der Waals surface area contributed by atoms with Crippen LogP contribution in [0.2, 0.25) is 0 Å². The van der Waals surface area contributed by atoms with Gasteiger partial charge < -0.3 is 5.32 Å². The number of benzene rings is 1. The van der Waals surface area contributed by atoms with E-state index < -0.39 is 0 Å². The zero-order chi connectivity index (χ0) is 13.9. The van der Waals surface area contributed by atoms with Crippen LogP contribution >= 0.6 is 0 Å². The summed E-state index contributed by atoms with van der Waals surface area (Å²) in [6, 6.07) is 11.5. The zero-order valence-corrected chi connectivity index (χ0v) is 13.0. The molecule has 106 valence electrons. The molecule has 1 aliphatic rings. The molecule has 1 unspecified atom stereocenters. The third kappa shape index (κ3) is 3.82. The SMILES string of the molecule is CC(CC(C)(C)c1ccccc1)NCC1(C)CCC1. The van der Waals surface area contributed by atoms with Crippen molar-refractivity contribution in [3.8, 4) is 0 Å². The van der Waals surface area contributed by atoms with Crippen molar-refractivity contribution in [3.05, 3.63) is 35.9 Å². The lowest BCUT2D eigenvalue weighted by molar-refractivity contribution is 0.149. The van der Waals surface area contributed by atoms with Gasteiger partial charge in [0, 0.05) is 12.6 Å². The molecule has 1 aromatic carbocycles. The molecule has 2 rings (SSSR count). The van der Waals surface area contributed by atoms with Crippen molar-refractivity contribution in [1.82, 2.24) is 5.32 Å². The second kappa shape index (κ2) is 5.66. The molecule has 0 aliphatic heterocycles. The van der Waals surface area contributed by atoms with Crippen LogP contribution in [-0.4, -0.2) is 12.6 Å². The Labute approximate surface area is 118 Å². The predicted molar refractivity (Wildman–Crippen MR) is 83.5 cm³/mol. The quantitative estimate of drug-likeness (QED) is 0.792. The van der Waals surface area contributed by atoms with E-state index in [1.165, 1.54) is 37.8 Å². The molecule has 1 aliphatic carbocycles. The Bertz CT molecular complexity index is 389. The van der Waals surface area contributed by atoms with E-state index in [0.29, 0.717) is 11.5 Å². The van der Waals surface area contributed by atoms with E-state index in [4.69, 9.17) is 0 Å². The summed E-state index contributed by atoms with van der Waals surface area (Å²) < 4.78 is 0. The van der Waals surface area contributed by atoms with E-state index in [-0.39, 0.29) is 5.41 Å². The fourth-order valence-electron chi connectivity index (χ4n) is 3.22. The van der Waals surface area contributed by atoms with Gasteiger partial charge in [-0.25, -0.2) is 0 Å². The first kappa shape index (κ1) is 14.6. The van der Waals surface area contributed by atoms with Crippen LogP contribution in [0.3, 0.4) is 0 Å². The minimum absolute atomic E-state index is 0.244. The highest BCUT2D eigenvalue weighted by atomic mass is 14.9. The van der Waals surface area contributed by atoms with E-state index in [1.54, 1.807) is 0 Å². The average Bonchev–Trinajstić information content (AvgIpc) is 2.35. The van der Waals surface area contributed by atoms with Gasteiger partial charge in [-0.05, 0) is 42.6 Å². The lowest BCUT2D eigenvalue weighted by Crippen LogP contribution is -2.42. The molecule has 0 saturated heterocycles. The highest BCUT2D eigenvalue weighted by molar-refractivity contribution is 5.23. The van der Waals surface area contributed by atoms with Gasteiger partial charge in [0.2, 0.25) is 0 Å². The lowest BCUT2D eigenvalue weighted by atomic mass is 9.70. The summed E-state index contributed by atoms with van der Waals surface area (Å²) in [7, 11) is 0. The fraction of sp³-hybridized carbons (Fsp3) is 0.667. The highest BCUT2D eigenvalue weighted by Gasteiger charge is 2.32. The molecule has 0 heterocycles. The van der Waals surface area contributed by atoms with E-state index in [2.05, 4.69) is 63.3 Å². The van der Waals surface area contributed by atoms with Crippen LogP contribution < -0.4 is 5.32 Å². The van der Waals surface area contributed by atoms with Gasteiger partial charge in [-0.2, -0.15) is 0 Å². The third-order valence-corrected chi connectivity index (χ3v) is 4.81. The maximum atomic E-state index is 3.75. The van der Waals surface area contributed by atoms with Crippen molar-refractivity contribution >= 4 is 0 Å². The molecule has 1 heteroatoms. The largest absolute Gasteiger partial charge is 0.314 e. The van der Waals surface area contributed by atoms with Crippen LogP contribution in [0.4, 0.5) is 0 Å².